The Morgan fingerprint density at radius 3 is 2.46 bits per heavy atom. The van der Waals surface area contributed by atoms with E-state index in [9.17, 15) is 19.2 Å². The number of hydrogen-bond donors (Lipinski definition) is 1. The van der Waals surface area contributed by atoms with Crippen molar-refractivity contribution in [1.82, 2.24) is 4.90 Å². The molecule has 0 unspecified atom stereocenters. The van der Waals surface area contributed by atoms with E-state index >= 15 is 0 Å². The monoisotopic (exact) mass is 572 g/mol. The Labute approximate surface area is 228 Å². The quantitative estimate of drug-likeness (QED) is 0.452. The maximum atomic E-state index is 13.0. The molecule has 1 aromatic carbocycles. The molecule has 0 aliphatic carbocycles. The second-order valence-electron chi connectivity index (χ2n) is 7.99. The summed E-state index contributed by atoms with van der Waals surface area (Å²) in [6, 6.07) is 10.0. The summed E-state index contributed by atoms with van der Waals surface area (Å²) in [5, 5.41) is 0. The van der Waals surface area contributed by atoms with E-state index < -0.39 is 24.0 Å². The predicted octanol–water partition coefficient (Wildman–Crippen LogP) is 2.16. The highest BCUT2D eigenvalue weighted by molar-refractivity contribution is 7.18. The molecule has 2 aliphatic rings. The molecule has 2 fully saturated rings. The van der Waals surface area contributed by atoms with Crippen molar-refractivity contribution >= 4 is 70.5 Å². The molecule has 14 heteroatoms. The predicted molar refractivity (Wildman–Crippen MR) is 140 cm³/mol. The Kier molecular flexibility index (Phi) is 10.3. The number of halogens is 2. The summed E-state index contributed by atoms with van der Waals surface area (Å²) in [6.45, 7) is 0.971. The number of nitrogens with zero attached hydrogens (tertiary/aromatic N) is 3. The van der Waals surface area contributed by atoms with Crippen molar-refractivity contribution in [2.24, 2.45) is 5.73 Å². The molecule has 0 saturated carbocycles. The van der Waals surface area contributed by atoms with Crippen LogP contribution in [0.1, 0.15) is 9.67 Å². The number of carbonyl (C=O) groups is 4. The first-order valence-corrected chi connectivity index (χ1v) is 12.4. The van der Waals surface area contributed by atoms with Gasteiger partial charge in [-0.3, -0.25) is 24.2 Å². The van der Waals surface area contributed by atoms with Crippen LogP contribution in [0.3, 0.4) is 0 Å². The van der Waals surface area contributed by atoms with E-state index in [1.165, 1.54) is 11.0 Å². The van der Waals surface area contributed by atoms with Gasteiger partial charge in [0.15, 0.2) is 0 Å². The number of carbonyl (C=O) groups excluding carboxylic acids is 4. The Bertz CT molecular complexity index is 1130. The van der Waals surface area contributed by atoms with Gasteiger partial charge >= 0.3 is 6.09 Å². The normalized spacial score (nSPS) is 17.4. The molecule has 37 heavy (non-hydrogen) atoms. The van der Waals surface area contributed by atoms with E-state index in [1.54, 1.807) is 35.2 Å². The van der Waals surface area contributed by atoms with Crippen LogP contribution in [0.5, 0.6) is 0 Å². The molecule has 2 aliphatic heterocycles. The number of morpholine rings is 1. The van der Waals surface area contributed by atoms with E-state index in [0.29, 0.717) is 28.9 Å². The van der Waals surface area contributed by atoms with Crippen molar-refractivity contribution in [2.75, 3.05) is 62.4 Å². The van der Waals surface area contributed by atoms with Crippen LogP contribution < -0.4 is 15.5 Å². The number of nitrogens with two attached hydrogens (primary N) is 1. The van der Waals surface area contributed by atoms with E-state index in [-0.39, 0.29) is 62.6 Å². The lowest BCUT2D eigenvalue weighted by atomic mass is 10.2. The van der Waals surface area contributed by atoms with Crippen LogP contribution in [0.2, 0.25) is 4.34 Å². The number of anilines is 2. The molecule has 11 nitrogen and oxygen atoms in total. The molecule has 0 radical (unpaired) electrons. The Hall–Kier alpha value is -2.74. The van der Waals surface area contributed by atoms with Gasteiger partial charge in [0.1, 0.15) is 19.3 Å². The maximum absolute atomic E-state index is 13.0. The van der Waals surface area contributed by atoms with Gasteiger partial charge in [0.2, 0.25) is 0 Å². The summed E-state index contributed by atoms with van der Waals surface area (Å²) in [5.41, 5.74) is 6.67. The standard InChI is InChI=1S/C23H25ClN4O7S.ClH/c24-19-6-5-18(36-19)22(31)28(21(30)14-33-9-7-25)12-17-11-27(23(32)35-17)16-3-1-15(2-4-16)26-8-10-34-13-20(26)29;/h1-6,17H,7-14,25H2;1H/t17-;/m1./s1. The molecule has 0 bridgehead atoms. The molecule has 2 saturated heterocycles. The molecule has 4 rings (SSSR count). The third kappa shape index (κ3) is 6.98. The van der Waals surface area contributed by atoms with Crippen molar-refractivity contribution < 1.29 is 33.4 Å². The Morgan fingerprint density at radius 1 is 1.14 bits per heavy atom. The number of rotatable bonds is 9. The molecular weight excluding hydrogens is 547 g/mol. The summed E-state index contributed by atoms with van der Waals surface area (Å²) in [5.74, 6) is -1.26. The average molecular weight is 573 g/mol. The van der Waals surface area contributed by atoms with Gasteiger partial charge in [0.05, 0.1) is 35.5 Å². The van der Waals surface area contributed by atoms with Crippen molar-refractivity contribution in [3.05, 3.63) is 45.6 Å². The summed E-state index contributed by atoms with van der Waals surface area (Å²) in [7, 11) is 0. The van der Waals surface area contributed by atoms with Crippen molar-refractivity contribution in [1.29, 1.82) is 0 Å². The third-order valence-electron chi connectivity index (χ3n) is 5.54. The van der Waals surface area contributed by atoms with Crippen LogP contribution in [-0.2, 0) is 23.8 Å². The van der Waals surface area contributed by atoms with Crippen LogP contribution >= 0.6 is 35.3 Å². The van der Waals surface area contributed by atoms with Crippen molar-refractivity contribution in [2.45, 2.75) is 6.10 Å². The summed E-state index contributed by atoms with van der Waals surface area (Å²) in [6.07, 6.45) is -1.36. The van der Waals surface area contributed by atoms with E-state index in [1.807, 2.05) is 0 Å². The maximum Gasteiger partial charge on any atom is 0.414 e. The fourth-order valence-electron chi connectivity index (χ4n) is 3.82. The van der Waals surface area contributed by atoms with Crippen LogP contribution in [0.25, 0.3) is 0 Å². The van der Waals surface area contributed by atoms with E-state index in [4.69, 9.17) is 31.5 Å². The van der Waals surface area contributed by atoms with Gasteiger partial charge in [-0.2, -0.15) is 0 Å². The molecule has 0 spiro atoms. The van der Waals surface area contributed by atoms with Gasteiger partial charge < -0.3 is 24.8 Å². The minimum atomic E-state index is -0.754. The highest BCUT2D eigenvalue weighted by Gasteiger charge is 2.37. The molecular formula is C23H26Cl2N4O7S. The second kappa shape index (κ2) is 13.2. The van der Waals surface area contributed by atoms with Crippen molar-refractivity contribution in [3.8, 4) is 0 Å². The highest BCUT2D eigenvalue weighted by Crippen LogP contribution is 2.27. The number of amides is 4. The summed E-state index contributed by atoms with van der Waals surface area (Å²) in [4.78, 5) is 54.8. The van der Waals surface area contributed by atoms with Gasteiger partial charge in [0.25, 0.3) is 17.7 Å². The Balaban J connectivity index is 0.00000380. The smallest absolute Gasteiger partial charge is 0.414 e. The van der Waals surface area contributed by atoms with E-state index in [2.05, 4.69) is 0 Å². The topological polar surface area (TPSA) is 132 Å². The number of imide groups is 1. The largest absolute Gasteiger partial charge is 0.442 e. The zero-order chi connectivity index (χ0) is 25.7. The van der Waals surface area contributed by atoms with E-state index in [0.717, 1.165) is 16.2 Å². The summed E-state index contributed by atoms with van der Waals surface area (Å²) < 4.78 is 16.2. The minimum absolute atomic E-state index is 0. The zero-order valence-corrected chi connectivity index (χ0v) is 22.1. The first-order chi connectivity index (χ1) is 17.4. The molecule has 3 heterocycles. The SMILES string of the molecule is Cl.NCCOCC(=O)N(C[C@H]1CN(c2ccc(N3CCOCC3=O)cc2)C(=O)O1)C(=O)c1ccc(Cl)s1. The number of hydrogen-bond acceptors (Lipinski definition) is 9. The van der Waals surface area contributed by atoms with Crippen LogP contribution in [0, 0.1) is 0 Å². The number of thiophene rings is 1. The summed E-state index contributed by atoms with van der Waals surface area (Å²) >= 11 is 7.00. The Morgan fingerprint density at radius 2 is 1.84 bits per heavy atom. The fraction of sp³-hybridized carbons (Fsp3) is 0.391. The third-order valence-corrected chi connectivity index (χ3v) is 6.76. The lowest BCUT2D eigenvalue weighted by Gasteiger charge is -2.27. The van der Waals surface area contributed by atoms with Gasteiger partial charge in [-0.25, -0.2) is 4.79 Å². The zero-order valence-electron chi connectivity index (χ0n) is 19.7. The fourth-order valence-corrected chi connectivity index (χ4v) is 4.81. The molecule has 1 atom stereocenters. The van der Waals surface area contributed by atoms with Gasteiger partial charge in [-0.1, -0.05) is 11.6 Å². The first-order valence-electron chi connectivity index (χ1n) is 11.2. The number of cyclic esters (lactones) is 1. The van der Waals surface area contributed by atoms with Crippen LogP contribution in [0.4, 0.5) is 16.2 Å². The number of ether oxygens (including phenoxy) is 3. The van der Waals surface area contributed by atoms with Crippen LogP contribution in [-0.4, -0.2) is 87.4 Å². The molecule has 200 valence electrons. The number of benzene rings is 1. The van der Waals surface area contributed by atoms with Gasteiger partial charge in [0, 0.05) is 24.5 Å². The van der Waals surface area contributed by atoms with Gasteiger partial charge in [-0.15, -0.1) is 23.7 Å². The highest BCUT2D eigenvalue weighted by atomic mass is 35.5. The molecule has 4 amide bonds. The van der Waals surface area contributed by atoms with Crippen molar-refractivity contribution in [3.63, 3.8) is 0 Å². The first kappa shape index (κ1) is 28.8. The average Bonchev–Trinajstić information content (AvgIpc) is 3.48. The lowest BCUT2D eigenvalue weighted by molar-refractivity contribution is -0.134. The van der Waals surface area contributed by atoms with Gasteiger partial charge in [-0.05, 0) is 36.4 Å². The molecule has 1 aromatic heterocycles. The lowest BCUT2D eigenvalue weighted by Crippen LogP contribution is -2.44. The molecule has 2 N–H and O–H groups in total. The second-order valence-corrected chi connectivity index (χ2v) is 9.70. The molecule has 2 aromatic rings. The van der Waals surface area contributed by atoms with Crippen LogP contribution in [0.15, 0.2) is 36.4 Å². The minimum Gasteiger partial charge on any atom is -0.442 e.